The van der Waals surface area contributed by atoms with E-state index in [2.05, 4.69) is 22.3 Å². The van der Waals surface area contributed by atoms with Crippen LogP contribution in [0.15, 0.2) is 53.5 Å². The van der Waals surface area contributed by atoms with Crippen molar-refractivity contribution >= 4 is 11.6 Å². The summed E-state index contributed by atoms with van der Waals surface area (Å²) in [6, 6.07) is 13.2. The Kier molecular flexibility index (Phi) is 4.57. The molecule has 1 saturated heterocycles. The lowest BCUT2D eigenvalue weighted by atomic mass is 10.1. The van der Waals surface area contributed by atoms with Gasteiger partial charge >= 0.3 is 0 Å². The number of amides is 1. The maximum Gasteiger partial charge on any atom is 0.250 e. The molecule has 3 rings (SSSR count). The lowest BCUT2D eigenvalue weighted by molar-refractivity contribution is -0.120. The summed E-state index contributed by atoms with van der Waals surface area (Å²) in [7, 11) is 1.68. The summed E-state index contributed by atoms with van der Waals surface area (Å²) < 4.78 is 1.46. The van der Waals surface area contributed by atoms with E-state index in [1.807, 2.05) is 18.2 Å². The smallest absolute Gasteiger partial charge is 0.250 e. The number of carbonyl (C=O) groups excluding carboxylic acids is 1. The van der Waals surface area contributed by atoms with Crippen LogP contribution in [0.2, 0.25) is 0 Å². The summed E-state index contributed by atoms with van der Waals surface area (Å²) >= 11 is 0. The lowest BCUT2D eigenvalue weighted by Gasteiger charge is -2.23. The SMILES string of the molecule is Cn1cc(NC(=O)C2CCCN2Cc2ccccc2)ccc1=O. The minimum atomic E-state index is -0.118. The molecule has 1 amide bonds. The molecule has 2 heterocycles. The van der Waals surface area contributed by atoms with Gasteiger partial charge in [0, 0.05) is 25.9 Å². The van der Waals surface area contributed by atoms with Gasteiger partial charge in [-0.1, -0.05) is 30.3 Å². The summed E-state index contributed by atoms with van der Waals surface area (Å²) in [5.41, 5.74) is 1.78. The monoisotopic (exact) mass is 311 g/mol. The largest absolute Gasteiger partial charge is 0.323 e. The van der Waals surface area contributed by atoms with Gasteiger partial charge in [-0.25, -0.2) is 0 Å². The van der Waals surface area contributed by atoms with Crippen LogP contribution < -0.4 is 10.9 Å². The average Bonchev–Trinajstić information content (AvgIpc) is 3.00. The van der Waals surface area contributed by atoms with Crippen LogP contribution in [0.3, 0.4) is 0 Å². The Hall–Kier alpha value is -2.40. The third-order valence-corrected chi connectivity index (χ3v) is 4.25. The molecule has 120 valence electrons. The van der Waals surface area contributed by atoms with Gasteiger partial charge in [0.05, 0.1) is 11.7 Å². The van der Waals surface area contributed by atoms with Gasteiger partial charge in [-0.05, 0) is 31.0 Å². The van der Waals surface area contributed by atoms with Crippen LogP contribution in [0.1, 0.15) is 18.4 Å². The zero-order valence-corrected chi connectivity index (χ0v) is 13.2. The second-order valence-electron chi connectivity index (χ2n) is 5.97. The molecule has 0 spiro atoms. The molecular formula is C18H21N3O2. The molecular weight excluding hydrogens is 290 g/mol. The number of aromatic nitrogens is 1. The molecule has 0 aliphatic carbocycles. The summed E-state index contributed by atoms with van der Waals surface area (Å²) in [4.78, 5) is 26.2. The standard InChI is InChI=1S/C18H21N3O2/c1-20-13-15(9-10-17(20)22)19-18(23)16-8-5-11-21(16)12-14-6-3-2-4-7-14/h2-4,6-7,9-10,13,16H,5,8,11-12H2,1H3,(H,19,23). The van der Waals surface area contributed by atoms with Gasteiger partial charge < -0.3 is 9.88 Å². The molecule has 1 aliphatic heterocycles. The van der Waals surface area contributed by atoms with E-state index in [4.69, 9.17) is 0 Å². The summed E-state index contributed by atoms with van der Waals surface area (Å²) in [5, 5.41) is 2.93. The number of benzene rings is 1. The maximum atomic E-state index is 12.6. The fourth-order valence-corrected chi connectivity index (χ4v) is 3.02. The van der Waals surface area contributed by atoms with Crippen LogP contribution in [0, 0.1) is 0 Å². The molecule has 1 atom stereocenters. The molecule has 1 aromatic heterocycles. The van der Waals surface area contributed by atoms with Crippen molar-refractivity contribution in [1.29, 1.82) is 0 Å². The lowest BCUT2D eigenvalue weighted by Crippen LogP contribution is -2.39. The molecule has 0 bridgehead atoms. The Morgan fingerprint density at radius 1 is 1.22 bits per heavy atom. The van der Waals surface area contributed by atoms with Crippen molar-refractivity contribution in [3.8, 4) is 0 Å². The summed E-state index contributed by atoms with van der Waals surface area (Å²) in [6.45, 7) is 1.71. The fourth-order valence-electron chi connectivity index (χ4n) is 3.02. The van der Waals surface area contributed by atoms with Gasteiger partial charge in [-0.3, -0.25) is 14.5 Å². The van der Waals surface area contributed by atoms with Gasteiger partial charge in [-0.2, -0.15) is 0 Å². The fraction of sp³-hybridized carbons (Fsp3) is 0.333. The Labute approximate surface area is 135 Å². The van der Waals surface area contributed by atoms with Crippen LogP contribution >= 0.6 is 0 Å². The highest BCUT2D eigenvalue weighted by Crippen LogP contribution is 2.21. The third kappa shape index (κ3) is 3.68. The van der Waals surface area contributed by atoms with Crippen LogP contribution in [-0.4, -0.2) is 28.0 Å². The summed E-state index contributed by atoms with van der Waals surface area (Å²) in [6.07, 6.45) is 3.54. The summed E-state index contributed by atoms with van der Waals surface area (Å²) in [5.74, 6) is -0.00270. The van der Waals surface area contributed by atoms with E-state index in [0.717, 1.165) is 25.9 Å². The number of nitrogens with zero attached hydrogens (tertiary/aromatic N) is 2. The van der Waals surface area contributed by atoms with Crippen molar-refractivity contribution in [3.63, 3.8) is 0 Å². The first-order valence-corrected chi connectivity index (χ1v) is 7.89. The minimum absolute atomic E-state index is 0.00270. The van der Waals surface area contributed by atoms with Crippen molar-refractivity contribution in [2.45, 2.75) is 25.4 Å². The number of anilines is 1. The number of pyridine rings is 1. The Morgan fingerprint density at radius 2 is 2.00 bits per heavy atom. The predicted octanol–water partition coefficient (Wildman–Crippen LogP) is 1.99. The van der Waals surface area contributed by atoms with E-state index in [9.17, 15) is 9.59 Å². The highest BCUT2D eigenvalue weighted by atomic mass is 16.2. The number of rotatable bonds is 4. The van der Waals surface area contributed by atoms with Crippen LogP contribution in [0.4, 0.5) is 5.69 Å². The number of aryl methyl sites for hydroxylation is 1. The maximum absolute atomic E-state index is 12.6. The van der Waals surface area contributed by atoms with Gasteiger partial charge in [0.15, 0.2) is 0 Å². The Morgan fingerprint density at radius 3 is 2.74 bits per heavy atom. The van der Waals surface area contributed by atoms with Gasteiger partial charge in [0.25, 0.3) is 0 Å². The second kappa shape index (κ2) is 6.79. The van der Waals surface area contributed by atoms with Crippen molar-refractivity contribution in [2.75, 3.05) is 11.9 Å². The number of hydrogen-bond donors (Lipinski definition) is 1. The number of carbonyl (C=O) groups is 1. The van der Waals surface area contributed by atoms with E-state index in [0.29, 0.717) is 5.69 Å². The first-order chi connectivity index (χ1) is 11.1. The first-order valence-electron chi connectivity index (χ1n) is 7.89. The Balaban J connectivity index is 1.68. The van der Waals surface area contributed by atoms with Crippen LogP contribution in [-0.2, 0) is 18.4 Å². The third-order valence-electron chi connectivity index (χ3n) is 4.25. The zero-order valence-electron chi connectivity index (χ0n) is 13.2. The molecule has 1 aliphatic rings. The molecule has 1 fully saturated rings. The highest BCUT2D eigenvalue weighted by Gasteiger charge is 2.30. The molecule has 1 unspecified atom stereocenters. The molecule has 1 aromatic carbocycles. The van der Waals surface area contributed by atoms with E-state index in [-0.39, 0.29) is 17.5 Å². The number of nitrogens with one attached hydrogen (secondary N) is 1. The van der Waals surface area contributed by atoms with Crippen molar-refractivity contribution in [2.24, 2.45) is 7.05 Å². The van der Waals surface area contributed by atoms with Crippen molar-refractivity contribution in [3.05, 3.63) is 64.6 Å². The molecule has 5 nitrogen and oxygen atoms in total. The van der Waals surface area contributed by atoms with E-state index >= 15 is 0 Å². The van der Waals surface area contributed by atoms with Crippen molar-refractivity contribution in [1.82, 2.24) is 9.47 Å². The molecule has 23 heavy (non-hydrogen) atoms. The van der Waals surface area contributed by atoms with Gasteiger partial charge in [0.2, 0.25) is 11.5 Å². The van der Waals surface area contributed by atoms with Crippen LogP contribution in [0.5, 0.6) is 0 Å². The number of hydrogen-bond acceptors (Lipinski definition) is 3. The second-order valence-corrected chi connectivity index (χ2v) is 5.97. The van der Waals surface area contributed by atoms with Crippen molar-refractivity contribution < 1.29 is 4.79 Å². The predicted molar refractivity (Wildman–Crippen MR) is 90.2 cm³/mol. The molecule has 0 saturated carbocycles. The first kappa shape index (κ1) is 15.5. The quantitative estimate of drug-likeness (QED) is 0.939. The Bertz CT molecular complexity index is 739. The van der Waals surface area contributed by atoms with Crippen LogP contribution in [0.25, 0.3) is 0 Å². The van der Waals surface area contributed by atoms with E-state index < -0.39 is 0 Å². The minimum Gasteiger partial charge on any atom is -0.323 e. The molecule has 1 N–H and O–H groups in total. The van der Waals surface area contributed by atoms with E-state index in [1.165, 1.54) is 16.2 Å². The number of likely N-dealkylation sites (tertiary alicyclic amines) is 1. The highest BCUT2D eigenvalue weighted by molar-refractivity contribution is 5.94. The zero-order chi connectivity index (χ0) is 16.2. The normalized spacial score (nSPS) is 18.0. The van der Waals surface area contributed by atoms with E-state index in [1.54, 1.807) is 19.3 Å². The molecule has 5 heteroatoms. The topological polar surface area (TPSA) is 54.3 Å². The average molecular weight is 311 g/mol. The van der Waals surface area contributed by atoms with Gasteiger partial charge in [0.1, 0.15) is 0 Å². The van der Waals surface area contributed by atoms with Gasteiger partial charge in [-0.15, -0.1) is 0 Å². The molecule has 0 radical (unpaired) electrons. The molecule has 2 aromatic rings.